The van der Waals surface area contributed by atoms with Crippen LogP contribution in [0.3, 0.4) is 0 Å². The number of nitrogens with zero attached hydrogens (tertiary/aromatic N) is 2. The zero-order valence-corrected chi connectivity index (χ0v) is 9.84. The molecule has 17 heavy (non-hydrogen) atoms. The summed E-state index contributed by atoms with van der Waals surface area (Å²) in [5.74, 6) is 0.276. The summed E-state index contributed by atoms with van der Waals surface area (Å²) in [6.45, 7) is 5.87. The molecule has 0 fully saturated rings. The van der Waals surface area contributed by atoms with Crippen LogP contribution < -0.4 is 5.43 Å². The number of hydrogen-bond donors (Lipinski definition) is 1. The van der Waals surface area contributed by atoms with Crippen molar-refractivity contribution in [3.05, 3.63) is 23.9 Å². The molecule has 0 amide bonds. The molecule has 0 atom stereocenters. The van der Waals surface area contributed by atoms with Crippen molar-refractivity contribution in [2.45, 2.75) is 26.9 Å². The van der Waals surface area contributed by atoms with Crippen molar-refractivity contribution < 1.29 is 13.2 Å². The average molecular weight is 245 g/mol. The Labute approximate surface area is 97.8 Å². The number of nitrogens with one attached hydrogen (secondary N) is 1. The van der Waals surface area contributed by atoms with Crippen LogP contribution in [0.5, 0.6) is 0 Å². The molecule has 1 rings (SSSR count). The van der Waals surface area contributed by atoms with E-state index in [0.29, 0.717) is 0 Å². The molecule has 0 aliphatic carbocycles. The van der Waals surface area contributed by atoms with Gasteiger partial charge in [-0.1, -0.05) is 20.8 Å². The Morgan fingerprint density at radius 2 is 1.88 bits per heavy atom. The van der Waals surface area contributed by atoms with E-state index in [1.54, 1.807) is 6.21 Å². The Morgan fingerprint density at radius 3 is 2.29 bits per heavy atom. The van der Waals surface area contributed by atoms with Crippen LogP contribution in [0, 0.1) is 5.41 Å². The van der Waals surface area contributed by atoms with Crippen LogP contribution in [0.15, 0.2) is 23.4 Å². The highest BCUT2D eigenvalue weighted by Gasteiger charge is 2.30. The number of rotatable bonds is 2. The lowest BCUT2D eigenvalue weighted by atomic mass is 9.99. The maximum atomic E-state index is 12.2. The molecular weight excluding hydrogens is 231 g/mol. The number of halogens is 3. The van der Waals surface area contributed by atoms with E-state index in [9.17, 15) is 13.2 Å². The molecule has 0 spiro atoms. The van der Waals surface area contributed by atoms with Crippen LogP contribution in [0.25, 0.3) is 0 Å². The van der Waals surface area contributed by atoms with E-state index in [2.05, 4.69) is 15.5 Å². The lowest BCUT2D eigenvalue weighted by Crippen LogP contribution is -2.08. The van der Waals surface area contributed by atoms with Gasteiger partial charge in [0, 0.05) is 12.4 Å². The Balaban J connectivity index is 2.67. The maximum Gasteiger partial charge on any atom is 0.417 e. The second-order valence-corrected chi connectivity index (χ2v) is 4.67. The molecule has 1 aromatic heterocycles. The molecule has 0 aliphatic heterocycles. The molecule has 0 unspecified atom stereocenters. The van der Waals surface area contributed by atoms with Crippen LogP contribution >= 0.6 is 0 Å². The highest BCUT2D eigenvalue weighted by atomic mass is 19.4. The normalized spacial score (nSPS) is 13.1. The molecule has 0 saturated carbocycles. The van der Waals surface area contributed by atoms with Crippen molar-refractivity contribution in [1.29, 1.82) is 0 Å². The third-order valence-electron chi connectivity index (χ3n) is 1.72. The van der Waals surface area contributed by atoms with Gasteiger partial charge in [-0.05, 0) is 17.5 Å². The van der Waals surface area contributed by atoms with E-state index in [0.717, 1.165) is 12.3 Å². The topological polar surface area (TPSA) is 37.3 Å². The van der Waals surface area contributed by atoms with Crippen molar-refractivity contribution in [2.75, 3.05) is 5.43 Å². The Morgan fingerprint density at radius 1 is 1.24 bits per heavy atom. The lowest BCUT2D eigenvalue weighted by Gasteiger charge is -2.10. The SMILES string of the molecule is CC(C)(C)/C=N\Nc1ccc(C(F)(F)F)cn1. The van der Waals surface area contributed by atoms with Gasteiger partial charge in [-0.3, -0.25) is 5.43 Å². The predicted octanol–water partition coefficient (Wildman–Crippen LogP) is 3.54. The van der Waals surface area contributed by atoms with Gasteiger partial charge < -0.3 is 0 Å². The van der Waals surface area contributed by atoms with Crippen molar-refractivity contribution in [3.63, 3.8) is 0 Å². The molecule has 0 radical (unpaired) electrons. The van der Waals surface area contributed by atoms with E-state index >= 15 is 0 Å². The molecule has 0 bridgehead atoms. The number of pyridine rings is 1. The molecule has 0 saturated heterocycles. The Hall–Kier alpha value is -1.59. The monoisotopic (exact) mass is 245 g/mol. The minimum absolute atomic E-state index is 0.0983. The largest absolute Gasteiger partial charge is 0.417 e. The first-order valence-corrected chi connectivity index (χ1v) is 5.02. The molecule has 1 aromatic rings. The zero-order chi connectivity index (χ0) is 13.1. The molecule has 1 N–H and O–H groups in total. The lowest BCUT2D eigenvalue weighted by molar-refractivity contribution is -0.137. The second-order valence-electron chi connectivity index (χ2n) is 4.67. The number of alkyl halides is 3. The van der Waals surface area contributed by atoms with E-state index in [-0.39, 0.29) is 11.2 Å². The van der Waals surface area contributed by atoms with Crippen LogP contribution in [-0.4, -0.2) is 11.2 Å². The zero-order valence-electron chi connectivity index (χ0n) is 9.84. The van der Waals surface area contributed by atoms with E-state index in [1.807, 2.05) is 20.8 Å². The third-order valence-corrected chi connectivity index (χ3v) is 1.72. The van der Waals surface area contributed by atoms with Gasteiger partial charge in [0.15, 0.2) is 0 Å². The van der Waals surface area contributed by atoms with Gasteiger partial charge in [0.25, 0.3) is 0 Å². The fraction of sp³-hybridized carbons (Fsp3) is 0.455. The van der Waals surface area contributed by atoms with Crippen LogP contribution in [0.4, 0.5) is 19.0 Å². The predicted molar refractivity (Wildman–Crippen MR) is 60.8 cm³/mol. The van der Waals surface area contributed by atoms with E-state index < -0.39 is 11.7 Å². The molecule has 6 heteroatoms. The van der Waals surface area contributed by atoms with Crippen molar-refractivity contribution in [2.24, 2.45) is 10.5 Å². The first kappa shape index (κ1) is 13.5. The first-order valence-electron chi connectivity index (χ1n) is 5.02. The highest BCUT2D eigenvalue weighted by molar-refractivity contribution is 5.65. The van der Waals surface area contributed by atoms with E-state index in [1.165, 1.54) is 6.07 Å². The maximum absolute atomic E-state index is 12.2. The molecular formula is C11H14F3N3. The second kappa shape index (κ2) is 4.73. The first-order chi connectivity index (χ1) is 7.68. The van der Waals surface area contributed by atoms with Crippen molar-refractivity contribution >= 4 is 12.0 Å². The summed E-state index contributed by atoms with van der Waals surface area (Å²) in [5.41, 5.74) is 1.70. The molecule has 1 heterocycles. The van der Waals surface area contributed by atoms with Crippen LogP contribution in [0.2, 0.25) is 0 Å². The molecule has 0 aromatic carbocycles. The van der Waals surface area contributed by atoms with E-state index in [4.69, 9.17) is 0 Å². The molecule has 94 valence electrons. The molecule has 0 aliphatic rings. The minimum atomic E-state index is -4.36. The van der Waals surface area contributed by atoms with Crippen LogP contribution in [-0.2, 0) is 6.18 Å². The Bertz CT molecular complexity index is 388. The fourth-order valence-corrected chi connectivity index (χ4v) is 0.920. The number of anilines is 1. The number of aromatic nitrogens is 1. The minimum Gasteiger partial charge on any atom is -0.262 e. The van der Waals surface area contributed by atoms with Crippen molar-refractivity contribution in [1.82, 2.24) is 4.98 Å². The summed E-state index contributed by atoms with van der Waals surface area (Å²) < 4.78 is 36.7. The van der Waals surface area contributed by atoms with Crippen LogP contribution in [0.1, 0.15) is 26.3 Å². The standard InChI is InChI=1S/C11H14F3N3/c1-10(2,3)7-16-17-9-5-4-8(6-15-9)11(12,13)14/h4-7H,1-3H3,(H,15,17)/b16-7-. The highest BCUT2D eigenvalue weighted by Crippen LogP contribution is 2.28. The van der Waals surface area contributed by atoms with Gasteiger partial charge >= 0.3 is 6.18 Å². The van der Waals surface area contributed by atoms with Gasteiger partial charge in [0.1, 0.15) is 5.82 Å². The summed E-state index contributed by atoms with van der Waals surface area (Å²) in [6.07, 6.45) is -1.93. The fourth-order valence-electron chi connectivity index (χ4n) is 0.920. The number of hydrazone groups is 1. The summed E-state index contributed by atoms with van der Waals surface area (Å²) in [5, 5.41) is 3.89. The van der Waals surface area contributed by atoms with Gasteiger partial charge in [-0.2, -0.15) is 18.3 Å². The van der Waals surface area contributed by atoms with Gasteiger partial charge in [0.05, 0.1) is 5.56 Å². The quantitative estimate of drug-likeness (QED) is 0.639. The summed E-state index contributed by atoms with van der Waals surface area (Å²) in [7, 11) is 0. The smallest absolute Gasteiger partial charge is 0.262 e. The Kier molecular flexibility index (Phi) is 3.75. The summed E-state index contributed by atoms with van der Waals surface area (Å²) in [6, 6.07) is 2.20. The third kappa shape index (κ3) is 4.84. The molecule has 3 nitrogen and oxygen atoms in total. The summed E-state index contributed by atoms with van der Waals surface area (Å²) >= 11 is 0. The average Bonchev–Trinajstić information content (AvgIpc) is 2.15. The number of hydrogen-bond acceptors (Lipinski definition) is 3. The van der Waals surface area contributed by atoms with Gasteiger partial charge in [0.2, 0.25) is 0 Å². The summed E-state index contributed by atoms with van der Waals surface area (Å²) in [4.78, 5) is 3.62. The van der Waals surface area contributed by atoms with Gasteiger partial charge in [-0.25, -0.2) is 4.98 Å². The van der Waals surface area contributed by atoms with Gasteiger partial charge in [-0.15, -0.1) is 0 Å². The van der Waals surface area contributed by atoms with Crippen molar-refractivity contribution in [3.8, 4) is 0 Å².